The summed E-state index contributed by atoms with van der Waals surface area (Å²) in [5, 5.41) is 3.65. The molecule has 3 N–H and O–H groups in total. The molecule has 1 fully saturated rings. The largest absolute Gasteiger partial charge is 0.397 e. The number of hydrogen-bond donors (Lipinski definition) is 2. The second-order valence-corrected chi connectivity index (χ2v) is 4.66. The number of aryl methyl sites for hydroxylation is 1. The molecule has 0 atom stereocenters. The quantitative estimate of drug-likeness (QED) is 0.742. The fraction of sp³-hybridized carbons (Fsp3) is 0.417. The van der Waals surface area contributed by atoms with Crippen LogP contribution in [0.1, 0.15) is 15.9 Å². The van der Waals surface area contributed by atoms with Crippen LogP contribution in [0.2, 0.25) is 5.02 Å². The third kappa shape index (κ3) is 2.53. The average Bonchev–Trinajstić information content (AvgIpc) is 2.34. The molecule has 1 aromatic rings. The van der Waals surface area contributed by atoms with E-state index in [1.165, 1.54) is 0 Å². The molecule has 92 valence electrons. The summed E-state index contributed by atoms with van der Waals surface area (Å²) in [5.74, 6) is -0.0328. The predicted molar refractivity (Wildman–Crippen MR) is 69.4 cm³/mol. The summed E-state index contributed by atoms with van der Waals surface area (Å²) in [6, 6.07) is 3.57. The first kappa shape index (κ1) is 12.2. The number of carbonyl (C=O) groups excluding carboxylic acids is 1. The summed E-state index contributed by atoms with van der Waals surface area (Å²) < 4.78 is 0. The first-order chi connectivity index (χ1) is 8.09. The van der Waals surface area contributed by atoms with Gasteiger partial charge in [-0.1, -0.05) is 11.6 Å². The molecular formula is C12H16ClN3O. The second-order valence-electron chi connectivity index (χ2n) is 4.25. The van der Waals surface area contributed by atoms with E-state index in [1.54, 1.807) is 17.0 Å². The van der Waals surface area contributed by atoms with Gasteiger partial charge in [-0.2, -0.15) is 0 Å². The fourth-order valence-electron chi connectivity index (χ4n) is 1.97. The van der Waals surface area contributed by atoms with Gasteiger partial charge in [0, 0.05) is 26.2 Å². The highest BCUT2D eigenvalue weighted by atomic mass is 35.5. The highest BCUT2D eigenvalue weighted by molar-refractivity contribution is 6.34. The highest BCUT2D eigenvalue weighted by Gasteiger charge is 2.21. The molecule has 0 aromatic heterocycles. The number of hydrogen-bond acceptors (Lipinski definition) is 3. The molecule has 4 nitrogen and oxygen atoms in total. The number of amides is 1. The van der Waals surface area contributed by atoms with Crippen LogP contribution in [0.25, 0.3) is 0 Å². The van der Waals surface area contributed by atoms with E-state index in [4.69, 9.17) is 17.3 Å². The lowest BCUT2D eigenvalue weighted by atomic mass is 10.1. The van der Waals surface area contributed by atoms with E-state index < -0.39 is 0 Å². The maximum absolute atomic E-state index is 12.3. The molecule has 5 heteroatoms. The summed E-state index contributed by atoms with van der Waals surface area (Å²) >= 11 is 5.99. The monoisotopic (exact) mass is 253 g/mol. The van der Waals surface area contributed by atoms with Gasteiger partial charge in [-0.05, 0) is 24.6 Å². The van der Waals surface area contributed by atoms with Crippen molar-refractivity contribution in [2.45, 2.75) is 6.92 Å². The van der Waals surface area contributed by atoms with Crippen molar-refractivity contribution in [2.75, 3.05) is 31.9 Å². The van der Waals surface area contributed by atoms with Gasteiger partial charge in [-0.15, -0.1) is 0 Å². The van der Waals surface area contributed by atoms with E-state index >= 15 is 0 Å². The summed E-state index contributed by atoms with van der Waals surface area (Å²) in [5.41, 5.74) is 7.70. The average molecular weight is 254 g/mol. The molecule has 1 aromatic carbocycles. The van der Waals surface area contributed by atoms with Gasteiger partial charge >= 0.3 is 0 Å². The van der Waals surface area contributed by atoms with E-state index in [2.05, 4.69) is 5.32 Å². The van der Waals surface area contributed by atoms with E-state index in [9.17, 15) is 4.79 Å². The van der Waals surface area contributed by atoms with Crippen LogP contribution in [0.5, 0.6) is 0 Å². The minimum Gasteiger partial charge on any atom is -0.397 e. The SMILES string of the molecule is Cc1cc(Cl)c(N)c(C(=O)N2CCNCC2)c1. The first-order valence-corrected chi connectivity index (χ1v) is 6.03. The summed E-state index contributed by atoms with van der Waals surface area (Å²) in [6.07, 6.45) is 0. The number of benzene rings is 1. The Hall–Kier alpha value is -1.26. The van der Waals surface area contributed by atoms with Gasteiger partial charge in [-0.25, -0.2) is 0 Å². The zero-order valence-electron chi connectivity index (χ0n) is 9.79. The maximum atomic E-state index is 12.3. The lowest BCUT2D eigenvalue weighted by Gasteiger charge is -2.28. The Kier molecular flexibility index (Phi) is 3.54. The number of halogens is 1. The van der Waals surface area contributed by atoms with Crippen molar-refractivity contribution in [1.29, 1.82) is 0 Å². The minimum atomic E-state index is -0.0328. The Labute approximate surface area is 106 Å². The molecule has 0 unspecified atom stereocenters. The van der Waals surface area contributed by atoms with Crippen LogP contribution < -0.4 is 11.1 Å². The van der Waals surface area contributed by atoms with Crippen molar-refractivity contribution in [1.82, 2.24) is 10.2 Å². The number of nitrogens with zero attached hydrogens (tertiary/aromatic N) is 1. The first-order valence-electron chi connectivity index (χ1n) is 5.65. The zero-order valence-corrected chi connectivity index (χ0v) is 10.5. The van der Waals surface area contributed by atoms with Gasteiger partial charge in [0.05, 0.1) is 16.3 Å². The Morgan fingerprint density at radius 3 is 2.71 bits per heavy atom. The van der Waals surface area contributed by atoms with Gasteiger partial charge in [0.15, 0.2) is 0 Å². The van der Waals surface area contributed by atoms with Crippen molar-refractivity contribution in [3.05, 3.63) is 28.3 Å². The van der Waals surface area contributed by atoms with Crippen LogP contribution in [0, 0.1) is 6.92 Å². The topological polar surface area (TPSA) is 58.4 Å². The van der Waals surface area contributed by atoms with Gasteiger partial charge in [-0.3, -0.25) is 4.79 Å². The number of anilines is 1. The van der Waals surface area contributed by atoms with Gasteiger partial charge in [0.2, 0.25) is 0 Å². The van der Waals surface area contributed by atoms with Crippen LogP contribution in [-0.2, 0) is 0 Å². The maximum Gasteiger partial charge on any atom is 0.256 e. The standard InChI is InChI=1S/C12H16ClN3O/c1-8-6-9(11(14)10(13)7-8)12(17)16-4-2-15-3-5-16/h6-7,15H,2-5,14H2,1H3. The van der Waals surface area contributed by atoms with Crippen molar-refractivity contribution in [2.24, 2.45) is 0 Å². The Morgan fingerprint density at radius 1 is 1.41 bits per heavy atom. The van der Waals surface area contributed by atoms with Crippen molar-refractivity contribution >= 4 is 23.2 Å². The number of nitrogens with two attached hydrogens (primary N) is 1. The molecule has 1 aliphatic rings. The number of nitrogens with one attached hydrogen (secondary N) is 1. The minimum absolute atomic E-state index is 0.0328. The highest BCUT2D eigenvalue weighted by Crippen LogP contribution is 2.25. The number of nitrogen functional groups attached to an aromatic ring is 1. The molecule has 0 saturated carbocycles. The predicted octanol–water partition coefficient (Wildman–Crippen LogP) is 1.28. The molecule has 1 heterocycles. The lowest BCUT2D eigenvalue weighted by Crippen LogP contribution is -2.46. The van der Waals surface area contributed by atoms with Crippen LogP contribution in [0.15, 0.2) is 12.1 Å². The third-order valence-electron chi connectivity index (χ3n) is 2.91. The number of piperazine rings is 1. The van der Waals surface area contributed by atoms with Crippen molar-refractivity contribution in [3.63, 3.8) is 0 Å². The fourth-order valence-corrected chi connectivity index (χ4v) is 2.24. The summed E-state index contributed by atoms with van der Waals surface area (Å²) in [4.78, 5) is 14.1. The van der Waals surface area contributed by atoms with Crippen LogP contribution in [0.4, 0.5) is 5.69 Å². The van der Waals surface area contributed by atoms with Gasteiger partial charge in [0.25, 0.3) is 5.91 Å². The molecule has 0 radical (unpaired) electrons. The van der Waals surface area contributed by atoms with E-state index in [1.807, 2.05) is 6.92 Å². The Morgan fingerprint density at radius 2 is 2.06 bits per heavy atom. The molecule has 2 rings (SSSR count). The van der Waals surface area contributed by atoms with Gasteiger partial charge in [0.1, 0.15) is 0 Å². The second kappa shape index (κ2) is 4.94. The van der Waals surface area contributed by atoms with Gasteiger partial charge < -0.3 is 16.0 Å². The van der Waals surface area contributed by atoms with Crippen LogP contribution >= 0.6 is 11.6 Å². The molecule has 0 spiro atoms. The number of rotatable bonds is 1. The summed E-state index contributed by atoms with van der Waals surface area (Å²) in [6.45, 7) is 4.98. The molecule has 1 saturated heterocycles. The lowest BCUT2D eigenvalue weighted by molar-refractivity contribution is 0.0737. The normalized spacial score (nSPS) is 16.0. The smallest absolute Gasteiger partial charge is 0.256 e. The summed E-state index contributed by atoms with van der Waals surface area (Å²) in [7, 11) is 0. The van der Waals surface area contributed by atoms with Crippen molar-refractivity contribution in [3.8, 4) is 0 Å². The molecule has 0 bridgehead atoms. The zero-order chi connectivity index (χ0) is 12.4. The molecule has 1 aliphatic heterocycles. The van der Waals surface area contributed by atoms with Crippen LogP contribution in [0.3, 0.4) is 0 Å². The van der Waals surface area contributed by atoms with E-state index in [0.717, 1.165) is 18.7 Å². The molecular weight excluding hydrogens is 238 g/mol. The third-order valence-corrected chi connectivity index (χ3v) is 3.22. The van der Waals surface area contributed by atoms with Crippen LogP contribution in [-0.4, -0.2) is 37.0 Å². The van der Waals surface area contributed by atoms with Crippen molar-refractivity contribution < 1.29 is 4.79 Å². The van der Waals surface area contributed by atoms with E-state index in [0.29, 0.717) is 29.4 Å². The Bertz CT molecular complexity index is 442. The molecule has 17 heavy (non-hydrogen) atoms. The number of carbonyl (C=O) groups is 1. The molecule has 1 amide bonds. The van der Waals surface area contributed by atoms with E-state index in [-0.39, 0.29) is 5.91 Å². The Balaban J connectivity index is 2.29. The molecule has 0 aliphatic carbocycles.